The van der Waals surface area contributed by atoms with Gasteiger partial charge in [0.25, 0.3) is 5.91 Å². The Morgan fingerprint density at radius 3 is 2.24 bits per heavy atom. The third-order valence-corrected chi connectivity index (χ3v) is 8.84. The lowest BCUT2D eigenvalue weighted by molar-refractivity contribution is -0.148. The standard InChI is InChI=1S/C31H24ClF2NO5S/c1-31(30(38)39)26(18-5-4-8-22(16-18)40-2)25(28(36)23-13-14-24(32)41-23)27(17-9-11-20(33)12-10-17)35(31)29(37)19-6-3-7-21(34)15-19/h3-16,25-27H,1-2H3,(H,38,39). The highest BCUT2D eigenvalue weighted by Gasteiger charge is 2.65. The molecule has 10 heteroatoms. The summed E-state index contributed by atoms with van der Waals surface area (Å²) < 4.78 is 34.1. The number of likely N-dealkylation sites (tertiary alicyclic amines) is 1. The number of ether oxygens (including phenoxy) is 1. The van der Waals surface area contributed by atoms with Gasteiger partial charge in [-0.3, -0.25) is 9.59 Å². The van der Waals surface area contributed by atoms with E-state index >= 15 is 0 Å². The number of halogens is 3. The minimum absolute atomic E-state index is 0.0961. The van der Waals surface area contributed by atoms with Crippen molar-refractivity contribution in [3.05, 3.63) is 122 Å². The lowest BCUT2D eigenvalue weighted by Crippen LogP contribution is -2.54. The summed E-state index contributed by atoms with van der Waals surface area (Å²) >= 11 is 7.20. The van der Waals surface area contributed by atoms with Crippen LogP contribution >= 0.6 is 22.9 Å². The van der Waals surface area contributed by atoms with Gasteiger partial charge in [-0.05, 0) is 72.6 Å². The second-order valence-corrected chi connectivity index (χ2v) is 11.6. The fourth-order valence-corrected chi connectivity index (χ4v) is 6.79. The van der Waals surface area contributed by atoms with E-state index in [0.717, 1.165) is 22.3 Å². The van der Waals surface area contributed by atoms with Crippen LogP contribution in [0.4, 0.5) is 8.78 Å². The maximum absolute atomic E-state index is 14.4. The van der Waals surface area contributed by atoms with Crippen LogP contribution in [0.15, 0.2) is 84.9 Å². The molecule has 1 N–H and O–H groups in total. The van der Waals surface area contributed by atoms with Crippen LogP contribution in [0.1, 0.15) is 50.0 Å². The second-order valence-electron chi connectivity index (χ2n) is 9.88. The number of rotatable bonds is 7. The van der Waals surface area contributed by atoms with Crippen LogP contribution in [0.5, 0.6) is 5.75 Å². The molecule has 0 aliphatic carbocycles. The van der Waals surface area contributed by atoms with E-state index in [2.05, 4.69) is 0 Å². The Bertz CT molecular complexity index is 1640. The Morgan fingerprint density at radius 2 is 1.63 bits per heavy atom. The average molecular weight is 596 g/mol. The quantitative estimate of drug-likeness (QED) is 0.232. The molecule has 210 valence electrons. The third kappa shape index (κ3) is 5.00. The highest BCUT2D eigenvalue weighted by molar-refractivity contribution is 7.18. The molecule has 4 aromatic rings. The van der Waals surface area contributed by atoms with Crippen LogP contribution in [-0.2, 0) is 4.79 Å². The largest absolute Gasteiger partial charge is 0.497 e. The molecule has 0 radical (unpaired) electrons. The third-order valence-electron chi connectivity index (χ3n) is 7.59. The number of carbonyl (C=O) groups excluding carboxylic acids is 2. The molecule has 1 aliphatic rings. The summed E-state index contributed by atoms with van der Waals surface area (Å²) in [4.78, 5) is 43.3. The Labute approximate surface area is 243 Å². The number of ketones is 1. The first-order valence-electron chi connectivity index (χ1n) is 12.6. The first-order valence-corrected chi connectivity index (χ1v) is 13.8. The molecule has 6 nitrogen and oxygen atoms in total. The lowest BCUT2D eigenvalue weighted by Gasteiger charge is -2.38. The molecule has 4 unspecified atom stereocenters. The number of Topliss-reactive ketones (excluding diaryl/α,β-unsaturated/α-hetero) is 1. The first-order chi connectivity index (χ1) is 19.6. The number of benzene rings is 3. The van der Waals surface area contributed by atoms with E-state index in [9.17, 15) is 28.3 Å². The highest BCUT2D eigenvalue weighted by Crippen LogP contribution is 2.57. The second kappa shape index (κ2) is 11.1. The first kappa shape index (κ1) is 28.4. The molecule has 1 amide bonds. The Balaban J connectivity index is 1.83. The molecule has 4 atom stereocenters. The van der Waals surface area contributed by atoms with Crippen molar-refractivity contribution in [1.82, 2.24) is 4.90 Å². The number of carboxylic acid groups (broad SMARTS) is 1. The molecule has 0 saturated carbocycles. The molecule has 1 aliphatic heterocycles. The van der Waals surface area contributed by atoms with E-state index in [4.69, 9.17) is 16.3 Å². The normalized spacial score (nSPS) is 22.0. The Morgan fingerprint density at radius 1 is 0.927 bits per heavy atom. The monoisotopic (exact) mass is 595 g/mol. The van der Waals surface area contributed by atoms with E-state index < -0.39 is 52.7 Å². The van der Waals surface area contributed by atoms with Crippen molar-refractivity contribution >= 4 is 40.6 Å². The summed E-state index contributed by atoms with van der Waals surface area (Å²) in [6, 6.07) is 18.7. The van der Waals surface area contributed by atoms with E-state index in [0.29, 0.717) is 21.2 Å². The smallest absolute Gasteiger partial charge is 0.330 e. The van der Waals surface area contributed by atoms with Crippen LogP contribution in [0.2, 0.25) is 4.34 Å². The van der Waals surface area contributed by atoms with Crippen molar-refractivity contribution < 1.29 is 33.0 Å². The Hall–Kier alpha value is -4.08. The zero-order valence-corrected chi connectivity index (χ0v) is 23.5. The lowest BCUT2D eigenvalue weighted by atomic mass is 9.72. The molecule has 1 fully saturated rings. The number of thiophene rings is 1. The zero-order valence-electron chi connectivity index (χ0n) is 21.9. The molecule has 0 bridgehead atoms. The summed E-state index contributed by atoms with van der Waals surface area (Å²) in [5, 5.41) is 10.8. The summed E-state index contributed by atoms with van der Waals surface area (Å²) in [5.74, 6) is -5.67. The van der Waals surface area contributed by atoms with E-state index in [1.165, 1.54) is 56.5 Å². The SMILES string of the molecule is COc1cccc(C2C(C(=O)c3ccc(Cl)s3)C(c3ccc(F)cc3)N(C(=O)c3cccc(F)c3)C2(C)C(=O)O)c1. The van der Waals surface area contributed by atoms with Gasteiger partial charge < -0.3 is 14.7 Å². The number of aliphatic carboxylic acids is 1. The van der Waals surface area contributed by atoms with Gasteiger partial charge in [0.05, 0.1) is 28.3 Å². The number of nitrogens with zero attached hydrogens (tertiary/aromatic N) is 1. The fourth-order valence-electron chi connectivity index (χ4n) is 5.75. The van der Waals surface area contributed by atoms with Gasteiger partial charge in [-0.25, -0.2) is 13.6 Å². The van der Waals surface area contributed by atoms with Crippen LogP contribution in [0, 0.1) is 17.6 Å². The van der Waals surface area contributed by atoms with E-state index in [1.54, 1.807) is 36.4 Å². The zero-order chi connectivity index (χ0) is 29.5. The van der Waals surface area contributed by atoms with Gasteiger partial charge in [0.1, 0.15) is 22.9 Å². The number of amides is 1. The summed E-state index contributed by atoms with van der Waals surface area (Å²) in [7, 11) is 1.46. The predicted octanol–water partition coefficient (Wildman–Crippen LogP) is 7.01. The molecule has 0 spiro atoms. The van der Waals surface area contributed by atoms with E-state index in [-0.39, 0.29) is 10.4 Å². The van der Waals surface area contributed by atoms with E-state index in [1.807, 2.05) is 0 Å². The van der Waals surface area contributed by atoms with Crippen molar-refractivity contribution in [2.24, 2.45) is 5.92 Å². The fraction of sp³-hybridized carbons (Fsp3) is 0.194. The van der Waals surface area contributed by atoms with Gasteiger partial charge in [-0.2, -0.15) is 0 Å². The molecular weight excluding hydrogens is 572 g/mol. The topological polar surface area (TPSA) is 83.9 Å². The molecule has 5 rings (SSSR count). The van der Waals surface area contributed by atoms with Gasteiger partial charge in [-0.15, -0.1) is 11.3 Å². The van der Waals surface area contributed by atoms with Crippen molar-refractivity contribution in [2.75, 3.05) is 7.11 Å². The van der Waals surface area contributed by atoms with Gasteiger partial charge >= 0.3 is 5.97 Å². The number of carboxylic acids is 1. The van der Waals surface area contributed by atoms with Gasteiger partial charge in [-0.1, -0.05) is 41.9 Å². The van der Waals surface area contributed by atoms with Crippen LogP contribution in [0.3, 0.4) is 0 Å². The van der Waals surface area contributed by atoms with Crippen LogP contribution in [0.25, 0.3) is 0 Å². The molecule has 3 aromatic carbocycles. The van der Waals surface area contributed by atoms with Crippen molar-refractivity contribution in [3.63, 3.8) is 0 Å². The van der Waals surface area contributed by atoms with Crippen LogP contribution in [-0.4, -0.2) is 40.3 Å². The highest BCUT2D eigenvalue weighted by atomic mass is 35.5. The maximum Gasteiger partial charge on any atom is 0.330 e. The molecule has 1 saturated heterocycles. The van der Waals surface area contributed by atoms with Gasteiger partial charge in [0.15, 0.2) is 5.78 Å². The molecular formula is C31H24ClF2NO5S. The Kier molecular flexibility index (Phi) is 7.68. The number of methoxy groups -OCH3 is 1. The van der Waals surface area contributed by atoms with Crippen molar-refractivity contribution in [2.45, 2.75) is 24.4 Å². The van der Waals surface area contributed by atoms with Gasteiger partial charge in [0, 0.05) is 11.5 Å². The van der Waals surface area contributed by atoms with Crippen molar-refractivity contribution in [1.29, 1.82) is 0 Å². The molecule has 2 heterocycles. The van der Waals surface area contributed by atoms with Crippen LogP contribution < -0.4 is 4.74 Å². The minimum Gasteiger partial charge on any atom is -0.497 e. The number of hydrogen-bond acceptors (Lipinski definition) is 5. The number of carbonyl (C=O) groups is 3. The van der Waals surface area contributed by atoms with Crippen molar-refractivity contribution in [3.8, 4) is 5.75 Å². The maximum atomic E-state index is 14.4. The average Bonchev–Trinajstić information content (AvgIpc) is 3.52. The minimum atomic E-state index is -2.02. The number of hydrogen-bond donors (Lipinski definition) is 1. The molecule has 41 heavy (non-hydrogen) atoms. The predicted molar refractivity (Wildman–Crippen MR) is 151 cm³/mol. The summed E-state index contributed by atoms with van der Waals surface area (Å²) in [5.41, 5.74) is -1.33. The molecule has 1 aromatic heterocycles. The summed E-state index contributed by atoms with van der Waals surface area (Å²) in [6.45, 7) is 1.38. The summed E-state index contributed by atoms with van der Waals surface area (Å²) in [6.07, 6.45) is 0. The van der Waals surface area contributed by atoms with Gasteiger partial charge in [0.2, 0.25) is 0 Å².